The molecule has 0 aromatic heterocycles. The zero-order valence-corrected chi connectivity index (χ0v) is 13.0. The van der Waals surface area contributed by atoms with Gasteiger partial charge in [-0.2, -0.15) is 0 Å². The number of rotatable bonds is 3. The molecule has 0 radical (unpaired) electrons. The minimum atomic E-state index is 0.228. The Hall–Kier alpha value is -0.780. The van der Waals surface area contributed by atoms with Gasteiger partial charge in [-0.05, 0) is 36.7 Å². The predicted octanol–water partition coefficient (Wildman–Crippen LogP) is 5.92. The molecule has 0 atom stereocenters. The summed E-state index contributed by atoms with van der Waals surface area (Å²) in [5, 5.41) is 0. The summed E-state index contributed by atoms with van der Waals surface area (Å²) in [4.78, 5) is 0. The maximum absolute atomic E-state index is 2.28. The first-order valence-electron chi connectivity index (χ1n) is 6.60. The zero-order valence-electron chi connectivity index (χ0n) is 13.0. The fraction of sp³-hybridized carbons (Fsp3) is 0.647. The van der Waals surface area contributed by atoms with E-state index in [2.05, 4.69) is 79.7 Å². The number of hydrogen-bond donors (Lipinski definition) is 0. The maximum Gasteiger partial charge on any atom is -0.0135 e. The summed E-state index contributed by atoms with van der Waals surface area (Å²) in [6, 6.07) is 0. The molecule has 0 heterocycles. The van der Waals surface area contributed by atoms with Crippen LogP contribution in [0.3, 0.4) is 0 Å². The van der Waals surface area contributed by atoms with Crippen molar-refractivity contribution in [2.75, 3.05) is 0 Å². The lowest BCUT2D eigenvalue weighted by Gasteiger charge is -2.21. The smallest absolute Gasteiger partial charge is 0.0135 e. The van der Waals surface area contributed by atoms with E-state index >= 15 is 0 Å². The first-order valence-corrected chi connectivity index (χ1v) is 6.60. The van der Waals surface area contributed by atoms with E-state index in [-0.39, 0.29) is 5.41 Å². The number of allylic oxidation sites excluding steroid dienone is 6. The molecule has 0 aliphatic heterocycles. The van der Waals surface area contributed by atoms with Crippen molar-refractivity contribution in [1.29, 1.82) is 0 Å². The van der Waals surface area contributed by atoms with Crippen LogP contribution in [0.25, 0.3) is 0 Å². The highest BCUT2D eigenvalue weighted by atomic mass is 14.2. The summed E-state index contributed by atoms with van der Waals surface area (Å²) in [6.45, 7) is 17.9. The van der Waals surface area contributed by atoms with Gasteiger partial charge in [0.2, 0.25) is 0 Å². The Labute approximate surface area is 109 Å². The van der Waals surface area contributed by atoms with E-state index in [0.717, 1.165) is 6.42 Å². The zero-order chi connectivity index (χ0) is 13.7. The molecule has 0 N–H and O–H groups in total. The molecular weight excluding hydrogens is 204 g/mol. The third kappa shape index (κ3) is 7.20. The lowest BCUT2D eigenvalue weighted by molar-refractivity contribution is 0.413. The first kappa shape index (κ1) is 16.2. The van der Waals surface area contributed by atoms with Crippen molar-refractivity contribution in [3.63, 3.8) is 0 Å². The average Bonchev–Trinajstić information content (AvgIpc) is 2.12. The van der Waals surface area contributed by atoms with Crippen LogP contribution in [0.1, 0.15) is 61.8 Å². The molecule has 0 spiro atoms. The molecule has 0 aliphatic carbocycles. The second-order valence-electron chi connectivity index (χ2n) is 6.93. The highest BCUT2D eigenvalue weighted by Gasteiger charge is 2.14. The molecule has 0 unspecified atom stereocenters. The van der Waals surface area contributed by atoms with Gasteiger partial charge >= 0.3 is 0 Å². The van der Waals surface area contributed by atoms with Gasteiger partial charge in [-0.15, -0.1) is 0 Å². The largest absolute Gasteiger partial charge is 0.0844 e. The SMILES string of the molecule is C\C=C(/C=C\C(=C/C)C(C)(C)C)CC(C)(C)C. The van der Waals surface area contributed by atoms with Crippen LogP contribution in [0.2, 0.25) is 0 Å². The van der Waals surface area contributed by atoms with Crippen LogP contribution in [-0.2, 0) is 0 Å². The van der Waals surface area contributed by atoms with E-state index < -0.39 is 0 Å². The number of hydrogen-bond acceptors (Lipinski definition) is 0. The maximum atomic E-state index is 2.28. The Morgan fingerprint density at radius 2 is 1.35 bits per heavy atom. The normalized spacial score (nSPS) is 15.8. The third-order valence-electron chi connectivity index (χ3n) is 2.76. The van der Waals surface area contributed by atoms with E-state index in [1.165, 1.54) is 11.1 Å². The van der Waals surface area contributed by atoms with Crippen molar-refractivity contribution in [3.05, 3.63) is 35.5 Å². The summed E-state index contributed by atoms with van der Waals surface area (Å²) in [5.41, 5.74) is 3.39. The quantitative estimate of drug-likeness (QED) is 0.532. The molecular formula is C17H30. The van der Waals surface area contributed by atoms with Gasteiger partial charge in [-0.3, -0.25) is 0 Å². The van der Waals surface area contributed by atoms with Gasteiger partial charge in [0.25, 0.3) is 0 Å². The van der Waals surface area contributed by atoms with Crippen LogP contribution in [0.4, 0.5) is 0 Å². The second kappa shape index (κ2) is 6.23. The Morgan fingerprint density at radius 3 is 1.65 bits per heavy atom. The first-order chi connectivity index (χ1) is 7.60. The molecule has 0 fully saturated rings. The summed E-state index contributed by atoms with van der Waals surface area (Å²) in [7, 11) is 0. The molecule has 0 amide bonds. The summed E-state index contributed by atoms with van der Waals surface area (Å²) in [6.07, 6.45) is 10.1. The van der Waals surface area contributed by atoms with Crippen LogP contribution in [0, 0.1) is 10.8 Å². The Balaban J connectivity index is 4.82. The van der Waals surface area contributed by atoms with Gasteiger partial charge in [-0.25, -0.2) is 0 Å². The molecule has 0 nitrogen and oxygen atoms in total. The van der Waals surface area contributed by atoms with Crippen molar-refractivity contribution in [2.24, 2.45) is 10.8 Å². The predicted molar refractivity (Wildman–Crippen MR) is 80.2 cm³/mol. The summed E-state index contributed by atoms with van der Waals surface area (Å²) in [5.74, 6) is 0. The summed E-state index contributed by atoms with van der Waals surface area (Å²) < 4.78 is 0. The van der Waals surface area contributed by atoms with Crippen LogP contribution >= 0.6 is 0 Å². The van der Waals surface area contributed by atoms with Gasteiger partial charge in [0.1, 0.15) is 0 Å². The molecule has 98 valence electrons. The third-order valence-corrected chi connectivity index (χ3v) is 2.76. The van der Waals surface area contributed by atoms with E-state index in [4.69, 9.17) is 0 Å². The van der Waals surface area contributed by atoms with Crippen molar-refractivity contribution in [1.82, 2.24) is 0 Å². The van der Waals surface area contributed by atoms with Gasteiger partial charge < -0.3 is 0 Å². The lowest BCUT2D eigenvalue weighted by atomic mass is 9.84. The van der Waals surface area contributed by atoms with Crippen LogP contribution in [0.15, 0.2) is 35.5 Å². The molecule has 0 rings (SSSR count). The Kier molecular flexibility index (Phi) is 5.95. The van der Waals surface area contributed by atoms with Crippen molar-refractivity contribution < 1.29 is 0 Å². The molecule has 0 bridgehead atoms. The minimum Gasteiger partial charge on any atom is -0.0844 e. The molecule has 0 heteroatoms. The van der Waals surface area contributed by atoms with Gasteiger partial charge in [0, 0.05) is 0 Å². The topological polar surface area (TPSA) is 0 Å². The van der Waals surface area contributed by atoms with Gasteiger partial charge in [0.15, 0.2) is 0 Å². The Bertz CT molecular complexity index is 311. The van der Waals surface area contributed by atoms with Gasteiger partial charge in [0.05, 0.1) is 0 Å². The average molecular weight is 234 g/mol. The molecule has 0 saturated heterocycles. The highest BCUT2D eigenvalue weighted by molar-refractivity contribution is 5.31. The fourth-order valence-corrected chi connectivity index (χ4v) is 1.85. The molecule has 0 aromatic carbocycles. The molecule has 0 saturated carbocycles. The summed E-state index contributed by atoms with van der Waals surface area (Å²) >= 11 is 0. The van der Waals surface area contributed by atoms with E-state index in [0.29, 0.717) is 5.41 Å². The highest BCUT2D eigenvalue weighted by Crippen LogP contribution is 2.28. The Morgan fingerprint density at radius 1 is 0.824 bits per heavy atom. The van der Waals surface area contributed by atoms with E-state index in [1.54, 1.807) is 0 Å². The monoisotopic (exact) mass is 234 g/mol. The van der Waals surface area contributed by atoms with E-state index in [1.807, 2.05) is 0 Å². The molecule has 0 aliphatic rings. The van der Waals surface area contributed by atoms with Crippen LogP contribution in [0.5, 0.6) is 0 Å². The fourth-order valence-electron chi connectivity index (χ4n) is 1.85. The van der Waals surface area contributed by atoms with Gasteiger partial charge in [-0.1, -0.05) is 71.4 Å². The van der Waals surface area contributed by atoms with Crippen molar-refractivity contribution in [3.8, 4) is 0 Å². The van der Waals surface area contributed by atoms with Crippen molar-refractivity contribution in [2.45, 2.75) is 61.8 Å². The van der Waals surface area contributed by atoms with Crippen LogP contribution < -0.4 is 0 Å². The molecule has 17 heavy (non-hydrogen) atoms. The standard InChI is InChI=1S/C17H30/c1-9-14(13-16(3,4)5)11-12-15(10-2)17(6,7)8/h9-12H,13H2,1-8H3/b12-11-,14-9+,15-10+. The minimum absolute atomic E-state index is 0.228. The van der Waals surface area contributed by atoms with Crippen LogP contribution in [-0.4, -0.2) is 0 Å². The van der Waals surface area contributed by atoms with E-state index in [9.17, 15) is 0 Å². The molecule has 0 aromatic rings. The lowest BCUT2D eigenvalue weighted by Crippen LogP contribution is -2.08. The van der Waals surface area contributed by atoms with Crippen molar-refractivity contribution >= 4 is 0 Å². The second-order valence-corrected chi connectivity index (χ2v) is 6.93.